The Balaban J connectivity index is 0.865. The fourth-order valence-electron chi connectivity index (χ4n) is 8.57. The van der Waals surface area contributed by atoms with Crippen molar-refractivity contribution in [3.05, 3.63) is 0 Å². The molecular formula is C30H56N4. The van der Waals surface area contributed by atoms with Gasteiger partial charge in [0.2, 0.25) is 0 Å². The lowest BCUT2D eigenvalue weighted by molar-refractivity contribution is 0.124. The fourth-order valence-corrected chi connectivity index (χ4v) is 8.57. The van der Waals surface area contributed by atoms with E-state index in [1.54, 1.807) is 0 Å². The summed E-state index contributed by atoms with van der Waals surface area (Å²) in [7, 11) is 0. The molecule has 2 N–H and O–H groups in total. The van der Waals surface area contributed by atoms with E-state index in [1.165, 1.54) is 155 Å². The zero-order valence-electron chi connectivity index (χ0n) is 22.3. The molecule has 1 heterocycles. The highest BCUT2D eigenvalue weighted by Gasteiger charge is 2.32. The van der Waals surface area contributed by atoms with Gasteiger partial charge in [0.05, 0.1) is 0 Å². The summed E-state index contributed by atoms with van der Waals surface area (Å²) < 4.78 is 0. The first-order valence-corrected chi connectivity index (χ1v) is 15.7. The second kappa shape index (κ2) is 13.4. The first-order valence-electron chi connectivity index (χ1n) is 15.7. The summed E-state index contributed by atoms with van der Waals surface area (Å²) in [6.07, 6.45) is 23.6. The van der Waals surface area contributed by atoms with Crippen LogP contribution in [-0.4, -0.2) is 74.2 Å². The first-order chi connectivity index (χ1) is 16.8. The maximum atomic E-state index is 3.94. The largest absolute Gasteiger partial charge is 0.314 e. The lowest BCUT2D eigenvalue weighted by atomic mass is 9.69. The van der Waals surface area contributed by atoms with Gasteiger partial charge in [-0.15, -0.1) is 0 Å². The summed E-state index contributed by atoms with van der Waals surface area (Å²) in [5.41, 5.74) is 0. The predicted molar refractivity (Wildman–Crippen MR) is 144 cm³/mol. The van der Waals surface area contributed by atoms with Crippen LogP contribution in [0.4, 0.5) is 0 Å². The number of hydrogen-bond acceptors (Lipinski definition) is 4. The van der Waals surface area contributed by atoms with Gasteiger partial charge >= 0.3 is 0 Å². The topological polar surface area (TPSA) is 30.5 Å². The molecule has 4 saturated carbocycles. The highest BCUT2D eigenvalue weighted by molar-refractivity contribution is 4.87. The van der Waals surface area contributed by atoms with Gasteiger partial charge in [0.25, 0.3) is 0 Å². The Kier molecular flexibility index (Phi) is 10.0. The summed E-state index contributed by atoms with van der Waals surface area (Å²) in [4.78, 5) is 5.44. The summed E-state index contributed by atoms with van der Waals surface area (Å²) in [5, 5.41) is 7.87. The number of nitrogens with one attached hydrogen (secondary N) is 2. The van der Waals surface area contributed by atoms with Crippen molar-refractivity contribution in [3.63, 3.8) is 0 Å². The molecule has 196 valence electrons. The van der Waals surface area contributed by atoms with Gasteiger partial charge in [-0.2, -0.15) is 0 Å². The Morgan fingerprint density at radius 1 is 0.471 bits per heavy atom. The van der Waals surface area contributed by atoms with Crippen molar-refractivity contribution in [1.82, 2.24) is 20.4 Å². The van der Waals surface area contributed by atoms with E-state index in [4.69, 9.17) is 0 Å². The van der Waals surface area contributed by atoms with Crippen molar-refractivity contribution in [2.45, 2.75) is 115 Å². The van der Waals surface area contributed by atoms with Gasteiger partial charge in [-0.3, -0.25) is 0 Å². The number of nitrogens with zero attached hydrogens (tertiary/aromatic N) is 2. The van der Waals surface area contributed by atoms with Crippen LogP contribution in [0.25, 0.3) is 0 Å². The van der Waals surface area contributed by atoms with Gasteiger partial charge in [-0.1, -0.05) is 51.4 Å². The van der Waals surface area contributed by atoms with Crippen LogP contribution in [-0.2, 0) is 0 Å². The van der Waals surface area contributed by atoms with Crippen molar-refractivity contribution in [2.75, 3.05) is 52.4 Å². The Hall–Kier alpha value is -0.160. The van der Waals surface area contributed by atoms with E-state index in [0.717, 1.165) is 35.8 Å². The third-order valence-corrected chi connectivity index (χ3v) is 10.7. The maximum absolute atomic E-state index is 3.94. The van der Waals surface area contributed by atoms with E-state index in [9.17, 15) is 0 Å². The summed E-state index contributed by atoms with van der Waals surface area (Å²) in [6, 6.07) is 1.64. The van der Waals surface area contributed by atoms with Crippen LogP contribution in [0.1, 0.15) is 103 Å². The van der Waals surface area contributed by atoms with Gasteiger partial charge in [0, 0.05) is 38.3 Å². The molecule has 4 heteroatoms. The second-order valence-electron chi connectivity index (χ2n) is 12.9. The third kappa shape index (κ3) is 7.43. The van der Waals surface area contributed by atoms with Crippen molar-refractivity contribution in [3.8, 4) is 0 Å². The minimum absolute atomic E-state index is 0.822. The molecule has 6 atom stereocenters. The smallest absolute Gasteiger partial charge is 0.0110 e. The molecule has 0 aromatic heterocycles. The van der Waals surface area contributed by atoms with Gasteiger partial charge in [0.15, 0.2) is 0 Å². The zero-order valence-corrected chi connectivity index (χ0v) is 22.3. The zero-order chi connectivity index (χ0) is 23.0. The van der Waals surface area contributed by atoms with Crippen molar-refractivity contribution in [1.29, 1.82) is 0 Å². The van der Waals surface area contributed by atoms with Crippen LogP contribution in [0, 0.1) is 23.7 Å². The van der Waals surface area contributed by atoms with Crippen LogP contribution in [0.5, 0.6) is 0 Å². The van der Waals surface area contributed by atoms with E-state index >= 15 is 0 Å². The minimum Gasteiger partial charge on any atom is -0.314 e. The molecule has 0 bridgehead atoms. The van der Waals surface area contributed by atoms with E-state index in [0.29, 0.717) is 0 Å². The SMILES string of the molecule is C1CCC2CC(NCCCN3CCN(CCCNC4CCC5CCCCC5C4)CC3)CCC2C1. The third-order valence-electron chi connectivity index (χ3n) is 10.7. The average Bonchev–Trinajstić information content (AvgIpc) is 2.90. The molecule has 4 aliphatic carbocycles. The standard InChI is InChI=1S/C30H56N4/c1-3-9-27-23-29(13-11-25(27)7-1)31-15-5-17-33-19-21-34(22-20-33)18-6-16-32-30-14-12-26-8-2-4-10-28(26)24-30/h25-32H,1-24H2. The highest BCUT2D eigenvalue weighted by atomic mass is 15.3. The van der Waals surface area contributed by atoms with Crippen LogP contribution in [0.2, 0.25) is 0 Å². The normalized spacial score (nSPS) is 37.8. The summed E-state index contributed by atoms with van der Waals surface area (Å²) in [6.45, 7) is 10.2. The lowest BCUT2D eigenvalue weighted by Crippen LogP contribution is -2.47. The molecule has 0 spiro atoms. The number of hydrogen-bond donors (Lipinski definition) is 2. The quantitative estimate of drug-likeness (QED) is 0.424. The molecule has 0 aromatic carbocycles. The molecular weight excluding hydrogens is 416 g/mol. The molecule has 0 aromatic rings. The highest BCUT2D eigenvalue weighted by Crippen LogP contribution is 2.41. The van der Waals surface area contributed by atoms with Crippen molar-refractivity contribution >= 4 is 0 Å². The van der Waals surface area contributed by atoms with Gasteiger partial charge in [0.1, 0.15) is 0 Å². The minimum atomic E-state index is 0.822. The molecule has 4 nitrogen and oxygen atoms in total. The monoisotopic (exact) mass is 472 g/mol. The number of piperazine rings is 1. The Morgan fingerprint density at radius 3 is 1.32 bits per heavy atom. The van der Waals surface area contributed by atoms with E-state index in [1.807, 2.05) is 0 Å². The van der Waals surface area contributed by atoms with Crippen LogP contribution in [0.15, 0.2) is 0 Å². The molecule has 5 rings (SSSR count). The maximum Gasteiger partial charge on any atom is 0.0110 e. The van der Waals surface area contributed by atoms with Crippen LogP contribution < -0.4 is 10.6 Å². The van der Waals surface area contributed by atoms with Gasteiger partial charge in [-0.25, -0.2) is 0 Å². The summed E-state index contributed by atoms with van der Waals surface area (Å²) in [5.74, 6) is 4.26. The average molecular weight is 473 g/mol. The molecule has 5 aliphatic rings. The van der Waals surface area contributed by atoms with Crippen molar-refractivity contribution in [2.24, 2.45) is 23.7 Å². The Labute approximate surface area is 211 Å². The van der Waals surface area contributed by atoms with Gasteiger partial charge < -0.3 is 20.4 Å². The number of fused-ring (bicyclic) bond motifs is 2. The fraction of sp³-hybridized carbons (Fsp3) is 1.00. The van der Waals surface area contributed by atoms with Crippen LogP contribution in [0.3, 0.4) is 0 Å². The first kappa shape index (κ1) is 25.5. The molecule has 5 fully saturated rings. The molecule has 0 amide bonds. The van der Waals surface area contributed by atoms with Gasteiger partial charge in [-0.05, 0) is 101 Å². The van der Waals surface area contributed by atoms with E-state index in [-0.39, 0.29) is 0 Å². The lowest BCUT2D eigenvalue weighted by Gasteiger charge is -2.40. The molecule has 6 unspecified atom stereocenters. The number of rotatable bonds is 10. The summed E-state index contributed by atoms with van der Waals surface area (Å²) >= 11 is 0. The molecule has 1 aliphatic heterocycles. The second-order valence-corrected chi connectivity index (χ2v) is 12.9. The Morgan fingerprint density at radius 2 is 0.882 bits per heavy atom. The Bertz CT molecular complexity index is 524. The molecule has 34 heavy (non-hydrogen) atoms. The predicted octanol–water partition coefficient (Wildman–Crippen LogP) is 5.28. The molecule has 0 radical (unpaired) electrons. The van der Waals surface area contributed by atoms with E-state index < -0.39 is 0 Å². The van der Waals surface area contributed by atoms with E-state index in [2.05, 4.69) is 20.4 Å². The molecule has 1 saturated heterocycles. The van der Waals surface area contributed by atoms with Crippen molar-refractivity contribution < 1.29 is 0 Å². The van der Waals surface area contributed by atoms with Crippen LogP contribution >= 0.6 is 0 Å².